The average Bonchev–Trinajstić information content (AvgIpc) is 2.63. The first-order valence-corrected chi connectivity index (χ1v) is 8.36. The summed E-state index contributed by atoms with van der Waals surface area (Å²) in [5.74, 6) is 0.546. The van der Waals surface area contributed by atoms with Crippen LogP contribution in [0.2, 0.25) is 0 Å². The molecule has 0 aliphatic carbocycles. The van der Waals surface area contributed by atoms with Crippen molar-refractivity contribution in [1.82, 2.24) is 0 Å². The van der Waals surface area contributed by atoms with Crippen LogP contribution in [0, 0.1) is 10.1 Å². The zero-order valence-corrected chi connectivity index (χ0v) is 14.4. The fraction of sp³-hybridized carbons (Fsp3) is 0.250. The number of nitrogens with zero attached hydrogens (tertiary/aromatic N) is 2. The lowest BCUT2D eigenvalue weighted by molar-refractivity contribution is -0.702. The topological polar surface area (TPSA) is 56.2 Å². The highest BCUT2D eigenvalue weighted by atomic mass is 16.6. The van der Waals surface area contributed by atoms with E-state index in [0.717, 1.165) is 29.4 Å². The van der Waals surface area contributed by atoms with E-state index in [9.17, 15) is 10.1 Å². The number of methoxy groups -OCH3 is 1. The van der Waals surface area contributed by atoms with Crippen LogP contribution in [0.5, 0.6) is 5.75 Å². The van der Waals surface area contributed by atoms with Crippen LogP contribution in [0.3, 0.4) is 0 Å². The maximum Gasteiger partial charge on any atom is 0.276 e. The van der Waals surface area contributed by atoms with Gasteiger partial charge in [-0.15, -0.1) is 0 Å². The van der Waals surface area contributed by atoms with Gasteiger partial charge in [0.1, 0.15) is 12.3 Å². The number of hydrogen-bond acceptors (Lipinski definition) is 3. The van der Waals surface area contributed by atoms with Crippen molar-refractivity contribution in [2.75, 3.05) is 7.11 Å². The third-order valence-electron chi connectivity index (χ3n) is 4.39. The Morgan fingerprint density at radius 1 is 1.12 bits per heavy atom. The summed E-state index contributed by atoms with van der Waals surface area (Å²) in [6.07, 6.45) is 3.49. The van der Waals surface area contributed by atoms with Crippen molar-refractivity contribution in [3.8, 4) is 5.75 Å². The second-order valence-corrected chi connectivity index (χ2v) is 5.93. The SMILES string of the molecule is CCC[n+]1ccc2ccccc2c1Cc1c(OC)cccc1[N+](=O)[O-]. The monoisotopic (exact) mass is 337 g/mol. The largest absolute Gasteiger partial charge is 0.496 e. The number of nitro benzene ring substituents is 1. The molecule has 0 radical (unpaired) electrons. The number of aryl methyl sites for hydroxylation is 1. The summed E-state index contributed by atoms with van der Waals surface area (Å²) in [5, 5.41) is 13.7. The van der Waals surface area contributed by atoms with E-state index in [0.29, 0.717) is 17.7 Å². The summed E-state index contributed by atoms with van der Waals surface area (Å²) < 4.78 is 7.59. The Hall–Kier alpha value is -2.95. The summed E-state index contributed by atoms with van der Waals surface area (Å²) in [4.78, 5) is 11.2. The normalized spacial score (nSPS) is 10.8. The molecule has 3 rings (SSSR count). The highest BCUT2D eigenvalue weighted by Crippen LogP contribution is 2.31. The predicted molar refractivity (Wildman–Crippen MR) is 96.9 cm³/mol. The zero-order chi connectivity index (χ0) is 17.8. The molecular weight excluding hydrogens is 316 g/mol. The third kappa shape index (κ3) is 3.31. The van der Waals surface area contributed by atoms with Gasteiger partial charge in [-0.2, -0.15) is 0 Å². The van der Waals surface area contributed by atoms with Crippen molar-refractivity contribution in [1.29, 1.82) is 0 Å². The number of aromatic nitrogens is 1. The number of fused-ring (bicyclic) bond motifs is 1. The zero-order valence-electron chi connectivity index (χ0n) is 14.4. The van der Waals surface area contributed by atoms with Gasteiger partial charge in [0.2, 0.25) is 0 Å². The first-order valence-electron chi connectivity index (χ1n) is 8.36. The van der Waals surface area contributed by atoms with E-state index in [1.54, 1.807) is 19.2 Å². The van der Waals surface area contributed by atoms with E-state index in [2.05, 4.69) is 35.9 Å². The van der Waals surface area contributed by atoms with Gasteiger partial charge in [-0.3, -0.25) is 10.1 Å². The van der Waals surface area contributed by atoms with Crippen molar-refractivity contribution < 1.29 is 14.2 Å². The summed E-state index contributed by atoms with van der Waals surface area (Å²) in [6.45, 7) is 2.99. The smallest absolute Gasteiger partial charge is 0.276 e. The maximum atomic E-state index is 11.5. The minimum absolute atomic E-state index is 0.0929. The van der Waals surface area contributed by atoms with E-state index in [-0.39, 0.29) is 10.6 Å². The summed E-state index contributed by atoms with van der Waals surface area (Å²) in [6, 6.07) is 15.2. The number of nitro groups is 1. The molecule has 2 aromatic carbocycles. The number of benzene rings is 2. The van der Waals surface area contributed by atoms with Crippen LogP contribution in [0.4, 0.5) is 5.69 Å². The Morgan fingerprint density at radius 3 is 2.64 bits per heavy atom. The molecule has 0 fully saturated rings. The van der Waals surface area contributed by atoms with Crippen LogP contribution in [-0.2, 0) is 13.0 Å². The standard InChI is InChI=1S/C20H21N2O3/c1-3-12-21-13-11-15-7-4-5-8-16(15)19(21)14-17-18(22(23)24)9-6-10-20(17)25-2/h4-11,13H,3,12,14H2,1-2H3/q+1. The third-order valence-corrected chi connectivity index (χ3v) is 4.39. The van der Waals surface area contributed by atoms with Crippen LogP contribution in [0.25, 0.3) is 10.8 Å². The fourth-order valence-corrected chi connectivity index (χ4v) is 3.23. The van der Waals surface area contributed by atoms with Crippen LogP contribution in [-0.4, -0.2) is 12.0 Å². The van der Waals surface area contributed by atoms with Crippen LogP contribution in [0.1, 0.15) is 24.6 Å². The maximum absolute atomic E-state index is 11.5. The van der Waals surface area contributed by atoms with Crippen molar-refractivity contribution in [2.45, 2.75) is 26.3 Å². The van der Waals surface area contributed by atoms with Gasteiger partial charge in [-0.1, -0.05) is 31.2 Å². The van der Waals surface area contributed by atoms with Crippen molar-refractivity contribution >= 4 is 16.5 Å². The van der Waals surface area contributed by atoms with E-state index >= 15 is 0 Å². The second-order valence-electron chi connectivity index (χ2n) is 5.93. The van der Waals surface area contributed by atoms with E-state index < -0.39 is 0 Å². The van der Waals surface area contributed by atoms with E-state index in [1.165, 1.54) is 6.07 Å². The van der Waals surface area contributed by atoms with Gasteiger partial charge in [0.15, 0.2) is 11.9 Å². The molecule has 0 bridgehead atoms. The number of ether oxygens (including phenoxy) is 1. The van der Waals surface area contributed by atoms with Crippen molar-refractivity contribution in [3.63, 3.8) is 0 Å². The molecule has 0 unspecified atom stereocenters. The molecule has 5 nitrogen and oxygen atoms in total. The lowest BCUT2D eigenvalue weighted by Crippen LogP contribution is -2.38. The minimum atomic E-state index is -0.340. The van der Waals surface area contributed by atoms with E-state index in [4.69, 9.17) is 4.74 Å². The lowest BCUT2D eigenvalue weighted by Gasteiger charge is -2.11. The Bertz CT molecular complexity index is 922. The highest BCUT2D eigenvalue weighted by Gasteiger charge is 2.24. The molecule has 0 atom stereocenters. The molecule has 0 aliphatic rings. The molecule has 1 heterocycles. The Labute approximate surface area is 146 Å². The minimum Gasteiger partial charge on any atom is -0.496 e. The molecule has 0 saturated carbocycles. The van der Waals surface area contributed by atoms with Gasteiger partial charge in [0, 0.05) is 23.9 Å². The number of hydrogen-bond donors (Lipinski definition) is 0. The molecule has 0 N–H and O–H groups in total. The molecule has 0 amide bonds. The molecule has 0 aliphatic heterocycles. The number of rotatable bonds is 6. The second kappa shape index (κ2) is 7.30. The molecule has 3 aromatic rings. The molecule has 25 heavy (non-hydrogen) atoms. The molecular formula is C20H21N2O3+. The predicted octanol–water partition coefficient (Wildman–Crippen LogP) is 4.04. The summed E-state index contributed by atoms with van der Waals surface area (Å²) >= 11 is 0. The average molecular weight is 337 g/mol. The number of pyridine rings is 1. The Kier molecular flexibility index (Phi) is 4.93. The molecule has 0 spiro atoms. The van der Waals surface area contributed by atoms with Crippen LogP contribution < -0.4 is 9.30 Å². The van der Waals surface area contributed by atoms with Gasteiger partial charge < -0.3 is 4.74 Å². The fourth-order valence-electron chi connectivity index (χ4n) is 3.23. The summed E-state index contributed by atoms with van der Waals surface area (Å²) in [7, 11) is 1.55. The van der Waals surface area contributed by atoms with Crippen molar-refractivity contribution in [2.24, 2.45) is 0 Å². The van der Waals surface area contributed by atoms with Gasteiger partial charge in [0.05, 0.1) is 24.0 Å². The molecule has 128 valence electrons. The lowest BCUT2D eigenvalue weighted by atomic mass is 10.0. The quantitative estimate of drug-likeness (QED) is 0.387. The molecule has 1 aromatic heterocycles. The molecule has 0 saturated heterocycles. The highest BCUT2D eigenvalue weighted by molar-refractivity contribution is 5.83. The van der Waals surface area contributed by atoms with Gasteiger partial charge in [0.25, 0.3) is 5.69 Å². The van der Waals surface area contributed by atoms with Gasteiger partial charge in [-0.05, 0) is 17.5 Å². The molecule has 5 heteroatoms. The summed E-state index contributed by atoms with van der Waals surface area (Å²) in [5.41, 5.74) is 1.76. The first-order chi connectivity index (χ1) is 12.2. The van der Waals surface area contributed by atoms with Crippen LogP contribution >= 0.6 is 0 Å². The first kappa shape index (κ1) is 16.9. The Balaban J connectivity index is 2.21. The van der Waals surface area contributed by atoms with Gasteiger partial charge >= 0.3 is 0 Å². The Morgan fingerprint density at radius 2 is 1.92 bits per heavy atom. The van der Waals surface area contributed by atoms with E-state index in [1.807, 2.05) is 12.1 Å². The van der Waals surface area contributed by atoms with Gasteiger partial charge in [-0.25, -0.2) is 4.57 Å². The van der Waals surface area contributed by atoms with Crippen LogP contribution in [0.15, 0.2) is 54.7 Å². The van der Waals surface area contributed by atoms with Crippen molar-refractivity contribution in [3.05, 3.63) is 76.1 Å².